The fraction of sp³-hybridized carbons (Fsp3) is 0.840. The van der Waals surface area contributed by atoms with Gasteiger partial charge in [0.25, 0.3) is 0 Å². The minimum Gasteiger partial charge on any atom is -0.297 e. The van der Waals surface area contributed by atoms with E-state index in [1.807, 2.05) is 16.9 Å². The lowest BCUT2D eigenvalue weighted by molar-refractivity contribution is -0.131. The molecule has 0 bridgehead atoms. The molecule has 0 amide bonds. The molecule has 28 heavy (non-hydrogen) atoms. The first-order valence-corrected chi connectivity index (χ1v) is 12.1. The van der Waals surface area contributed by atoms with Gasteiger partial charge in [0.1, 0.15) is 0 Å². The highest BCUT2D eigenvalue weighted by Crippen LogP contribution is 2.64. The molecule has 0 radical (unpaired) electrons. The lowest BCUT2D eigenvalue weighted by atomic mass is 9.49. The van der Waals surface area contributed by atoms with E-state index in [1.165, 1.54) is 57.8 Å². The van der Waals surface area contributed by atoms with Crippen molar-refractivity contribution in [2.75, 3.05) is 0 Å². The van der Waals surface area contributed by atoms with Gasteiger partial charge in [-0.3, -0.25) is 9.48 Å². The number of fused-ring (bicyclic) bond motifs is 5. The number of aromatic nitrogens is 2. The Morgan fingerprint density at radius 1 is 1.07 bits per heavy atom. The molecule has 1 heterocycles. The Labute approximate surface area is 170 Å². The van der Waals surface area contributed by atoms with Gasteiger partial charge in [-0.25, -0.2) is 0 Å². The highest BCUT2D eigenvalue weighted by molar-refractivity contribution is 5.82. The van der Waals surface area contributed by atoms with E-state index in [0.29, 0.717) is 12.3 Å². The largest absolute Gasteiger partial charge is 0.297 e. The van der Waals surface area contributed by atoms with Gasteiger partial charge in [-0.1, -0.05) is 26.7 Å². The van der Waals surface area contributed by atoms with Crippen LogP contribution in [0, 0.1) is 46.8 Å². The van der Waals surface area contributed by atoms with Crippen molar-refractivity contribution in [1.29, 1.82) is 0 Å². The number of rotatable bonds is 4. The Morgan fingerprint density at radius 3 is 2.71 bits per heavy atom. The van der Waals surface area contributed by atoms with E-state index in [1.54, 1.807) is 6.20 Å². The molecular weight excluding hydrogens is 344 g/mol. The zero-order valence-corrected chi connectivity index (χ0v) is 17.9. The third-order valence-corrected chi connectivity index (χ3v) is 9.91. The van der Waals surface area contributed by atoms with Gasteiger partial charge in [0, 0.05) is 18.3 Å². The second-order valence-electron chi connectivity index (χ2n) is 10.9. The van der Waals surface area contributed by atoms with Crippen LogP contribution in [0.4, 0.5) is 0 Å². The minimum absolute atomic E-state index is 0.249. The Bertz CT molecular complexity index is 697. The van der Waals surface area contributed by atoms with E-state index in [2.05, 4.69) is 18.9 Å². The number of carbonyl (C=O) groups is 1. The lowest BCUT2D eigenvalue weighted by Gasteiger charge is -2.56. The predicted molar refractivity (Wildman–Crippen MR) is 112 cm³/mol. The van der Waals surface area contributed by atoms with Crippen LogP contribution >= 0.6 is 0 Å². The monoisotopic (exact) mass is 382 g/mol. The Kier molecular flexibility index (Phi) is 4.92. The molecule has 0 saturated heterocycles. The van der Waals surface area contributed by atoms with E-state index < -0.39 is 0 Å². The summed E-state index contributed by atoms with van der Waals surface area (Å²) in [5.41, 5.74) is 0.249. The van der Waals surface area contributed by atoms with Crippen molar-refractivity contribution in [2.24, 2.45) is 46.8 Å². The van der Waals surface area contributed by atoms with Crippen molar-refractivity contribution >= 4 is 5.78 Å². The first kappa shape index (κ1) is 18.9. The van der Waals surface area contributed by atoms with Crippen LogP contribution in [-0.2, 0) is 11.3 Å². The van der Waals surface area contributed by atoms with E-state index in [4.69, 9.17) is 0 Å². The van der Waals surface area contributed by atoms with Crippen LogP contribution in [0.15, 0.2) is 18.5 Å². The second-order valence-corrected chi connectivity index (χ2v) is 10.9. The van der Waals surface area contributed by atoms with Gasteiger partial charge < -0.3 is 0 Å². The molecule has 5 rings (SSSR count). The van der Waals surface area contributed by atoms with Crippen LogP contribution < -0.4 is 0 Å². The van der Waals surface area contributed by atoms with Gasteiger partial charge >= 0.3 is 0 Å². The smallest absolute Gasteiger partial charge is 0.157 e. The quantitative estimate of drug-likeness (QED) is 0.665. The Morgan fingerprint density at radius 2 is 1.93 bits per heavy atom. The molecule has 0 aromatic carbocycles. The van der Waals surface area contributed by atoms with Crippen LogP contribution in [0.2, 0.25) is 0 Å². The maximum absolute atomic E-state index is 13.2. The average Bonchev–Trinajstić information content (AvgIpc) is 3.34. The Balaban J connectivity index is 1.31. The van der Waals surface area contributed by atoms with Crippen molar-refractivity contribution in [3.8, 4) is 0 Å². The summed E-state index contributed by atoms with van der Waals surface area (Å²) in [4.78, 5) is 13.2. The molecule has 154 valence electrons. The summed E-state index contributed by atoms with van der Waals surface area (Å²) in [5.74, 6) is 6.38. The van der Waals surface area contributed by atoms with Crippen LogP contribution in [0.3, 0.4) is 0 Å². The van der Waals surface area contributed by atoms with Crippen LogP contribution in [-0.4, -0.2) is 15.6 Å². The molecule has 1 aromatic rings. The van der Waals surface area contributed by atoms with Crippen LogP contribution in [0.5, 0.6) is 0 Å². The molecule has 8 atom stereocenters. The summed E-state index contributed by atoms with van der Waals surface area (Å²) in [6.07, 6.45) is 17.6. The topological polar surface area (TPSA) is 34.9 Å². The summed E-state index contributed by atoms with van der Waals surface area (Å²) >= 11 is 0. The van der Waals surface area contributed by atoms with Crippen molar-refractivity contribution in [3.63, 3.8) is 0 Å². The molecule has 4 aliphatic rings. The van der Waals surface area contributed by atoms with E-state index >= 15 is 0 Å². The van der Waals surface area contributed by atoms with Crippen LogP contribution in [0.25, 0.3) is 0 Å². The molecule has 0 spiro atoms. The number of hydrogen-bond acceptors (Lipinski definition) is 2. The molecule has 0 aliphatic heterocycles. The molecule has 1 aromatic heterocycles. The molecule has 3 nitrogen and oxygen atoms in total. The van der Waals surface area contributed by atoms with Crippen molar-refractivity contribution in [2.45, 2.75) is 84.6 Å². The van der Waals surface area contributed by atoms with Gasteiger partial charge in [-0.2, -0.15) is 5.10 Å². The van der Waals surface area contributed by atoms with Gasteiger partial charge in [0.2, 0.25) is 0 Å². The maximum Gasteiger partial charge on any atom is 0.157 e. The van der Waals surface area contributed by atoms with Crippen molar-refractivity contribution < 1.29 is 4.79 Å². The van der Waals surface area contributed by atoms with E-state index in [-0.39, 0.29) is 11.3 Å². The first-order valence-electron chi connectivity index (χ1n) is 12.1. The highest BCUT2D eigenvalue weighted by Gasteiger charge is 2.58. The third-order valence-electron chi connectivity index (χ3n) is 9.91. The number of ketones is 1. The summed E-state index contributed by atoms with van der Waals surface area (Å²) < 4.78 is 1.82. The fourth-order valence-corrected chi connectivity index (χ4v) is 8.51. The van der Waals surface area contributed by atoms with Crippen molar-refractivity contribution in [3.05, 3.63) is 18.5 Å². The van der Waals surface area contributed by atoms with E-state index in [0.717, 1.165) is 41.9 Å². The molecule has 4 saturated carbocycles. The molecule has 0 N–H and O–H groups in total. The van der Waals surface area contributed by atoms with Gasteiger partial charge in [-0.05, 0) is 98.4 Å². The molecule has 3 heteroatoms. The van der Waals surface area contributed by atoms with Crippen LogP contribution in [0.1, 0.15) is 78.1 Å². The second kappa shape index (κ2) is 7.29. The molecular formula is C25H38N2O. The lowest BCUT2D eigenvalue weighted by Crippen LogP contribution is -2.49. The van der Waals surface area contributed by atoms with Crippen molar-refractivity contribution in [1.82, 2.24) is 9.78 Å². The molecule has 2 unspecified atom stereocenters. The standard InChI is InChI=1S/C25H38N2O/c1-3-17-5-7-19-18(15-17)6-8-21-20(19)11-12-25(2)22(21)9-10-23(25)24(28)16-27-14-4-13-26-27/h4,13-14,17-23H,3,5-12,15-16H2,1-2H3/t17-,18+,19-,20?,21+,22?,23+,25-/m0/s1. The fourth-order valence-electron chi connectivity index (χ4n) is 8.51. The first-order chi connectivity index (χ1) is 13.6. The van der Waals surface area contributed by atoms with Gasteiger partial charge in [0.05, 0.1) is 6.54 Å². The van der Waals surface area contributed by atoms with E-state index in [9.17, 15) is 4.79 Å². The summed E-state index contributed by atoms with van der Waals surface area (Å²) in [5, 5.41) is 4.27. The number of carbonyl (C=O) groups excluding carboxylic acids is 1. The average molecular weight is 383 g/mol. The maximum atomic E-state index is 13.2. The summed E-state index contributed by atoms with van der Waals surface area (Å²) in [7, 11) is 0. The van der Waals surface area contributed by atoms with Gasteiger partial charge in [0.15, 0.2) is 5.78 Å². The van der Waals surface area contributed by atoms with Gasteiger partial charge in [-0.15, -0.1) is 0 Å². The normalized spacial score (nSPS) is 45.1. The predicted octanol–water partition coefficient (Wildman–Crippen LogP) is 5.75. The SMILES string of the molecule is CC[C@H]1CC[C@@H]2C3CC[C@@]4(C)C(CC[C@@H]4C(=O)Cn4cccn4)[C@@H]3CC[C@@H]2C1. The molecule has 4 fully saturated rings. The third kappa shape index (κ3) is 2.99. The summed E-state index contributed by atoms with van der Waals surface area (Å²) in [6.45, 7) is 5.34. The number of nitrogens with zero attached hydrogens (tertiary/aromatic N) is 2. The zero-order valence-electron chi connectivity index (χ0n) is 17.9. The summed E-state index contributed by atoms with van der Waals surface area (Å²) in [6, 6.07) is 1.92. The highest BCUT2D eigenvalue weighted by atomic mass is 16.1. The minimum atomic E-state index is 0.249. The number of hydrogen-bond donors (Lipinski definition) is 0. The zero-order chi connectivity index (χ0) is 19.3. The molecule has 4 aliphatic carbocycles. The Hall–Kier alpha value is -1.12. The number of Topliss-reactive ketones (excluding diaryl/α,β-unsaturated/α-hetero) is 1.